The second-order valence-corrected chi connectivity index (χ2v) is 6.74. The summed E-state index contributed by atoms with van der Waals surface area (Å²) in [6.45, 7) is 4.17. The van der Waals surface area contributed by atoms with Crippen LogP contribution in [0.5, 0.6) is 0 Å². The number of anilines is 1. The van der Waals surface area contributed by atoms with Crippen molar-refractivity contribution in [2.24, 2.45) is 11.3 Å². The molecule has 1 aromatic carbocycles. The number of carboxylic acids is 1. The fraction of sp³-hybridized carbons (Fsp3) is 0.467. The molecule has 0 bridgehead atoms. The zero-order chi connectivity index (χ0) is 14.9. The maximum absolute atomic E-state index is 12.4. The highest BCUT2D eigenvalue weighted by Gasteiger charge is 2.39. The number of benzene rings is 1. The van der Waals surface area contributed by atoms with Crippen molar-refractivity contribution in [1.29, 1.82) is 0 Å². The Hall–Kier alpha value is -1.36. The van der Waals surface area contributed by atoms with Gasteiger partial charge in [-0.2, -0.15) is 0 Å². The van der Waals surface area contributed by atoms with Gasteiger partial charge in [0.05, 0.1) is 11.3 Å². The summed E-state index contributed by atoms with van der Waals surface area (Å²) in [5, 5.41) is 12.0. The Balaban J connectivity index is 2.26. The third kappa shape index (κ3) is 2.87. The van der Waals surface area contributed by atoms with Gasteiger partial charge in [0.25, 0.3) is 0 Å². The van der Waals surface area contributed by atoms with Crippen molar-refractivity contribution in [2.45, 2.75) is 33.1 Å². The Kier molecular flexibility index (Phi) is 4.18. The molecule has 1 amide bonds. The van der Waals surface area contributed by atoms with Gasteiger partial charge in [-0.25, -0.2) is 4.79 Å². The summed E-state index contributed by atoms with van der Waals surface area (Å²) in [6, 6.07) is 4.85. The van der Waals surface area contributed by atoms with Crippen molar-refractivity contribution in [1.82, 2.24) is 0 Å². The van der Waals surface area contributed by atoms with Crippen LogP contribution in [0, 0.1) is 11.3 Å². The van der Waals surface area contributed by atoms with Gasteiger partial charge >= 0.3 is 5.97 Å². The lowest BCUT2D eigenvalue weighted by atomic mass is 9.81. The van der Waals surface area contributed by atoms with Gasteiger partial charge in [-0.15, -0.1) is 0 Å². The van der Waals surface area contributed by atoms with Crippen LogP contribution in [0.2, 0.25) is 0 Å². The Labute approximate surface area is 126 Å². The highest BCUT2D eigenvalue weighted by atomic mass is 79.9. The van der Waals surface area contributed by atoms with E-state index in [0.29, 0.717) is 10.2 Å². The molecule has 0 aromatic heterocycles. The minimum absolute atomic E-state index is 0.0330. The molecule has 0 aliphatic heterocycles. The average Bonchev–Trinajstić information content (AvgIpc) is 2.71. The molecule has 108 valence electrons. The van der Waals surface area contributed by atoms with Crippen LogP contribution in [0.15, 0.2) is 22.7 Å². The average molecular weight is 340 g/mol. The zero-order valence-corrected chi connectivity index (χ0v) is 13.2. The Morgan fingerprint density at radius 3 is 2.65 bits per heavy atom. The topological polar surface area (TPSA) is 66.4 Å². The molecule has 4 nitrogen and oxygen atoms in total. The SMILES string of the molecule is CC1(C)CCCC1C(=O)Nc1c(Br)cccc1C(=O)O. The van der Waals surface area contributed by atoms with E-state index in [1.165, 1.54) is 6.07 Å². The normalized spacial score (nSPS) is 20.6. The zero-order valence-electron chi connectivity index (χ0n) is 11.6. The van der Waals surface area contributed by atoms with Crippen LogP contribution in [0.3, 0.4) is 0 Å². The molecule has 0 radical (unpaired) electrons. The number of para-hydroxylation sites is 1. The van der Waals surface area contributed by atoms with Gasteiger partial charge < -0.3 is 10.4 Å². The van der Waals surface area contributed by atoms with E-state index < -0.39 is 5.97 Å². The molecule has 1 fully saturated rings. The molecule has 1 saturated carbocycles. The fourth-order valence-electron chi connectivity index (χ4n) is 2.85. The lowest BCUT2D eigenvalue weighted by Gasteiger charge is -2.26. The summed E-state index contributed by atoms with van der Waals surface area (Å²) in [4.78, 5) is 23.7. The summed E-state index contributed by atoms with van der Waals surface area (Å²) < 4.78 is 0.585. The molecule has 2 N–H and O–H groups in total. The maximum Gasteiger partial charge on any atom is 0.337 e. The number of hydrogen-bond donors (Lipinski definition) is 2. The van der Waals surface area contributed by atoms with E-state index in [-0.39, 0.29) is 22.8 Å². The van der Waals surface area contributed by atoms with Crippen molar-refractivity contribution < 1.29 is 14.7 Å². The van der Waals surface area contributed by atoms with Gasteiger partial charge in [0.15, 0.2) is 0 Å². The summed E-state index contributed by atoms with van der Waals surface area (Å²) in [6.07, 6.45) is 2.91. The molecule has 20 heavy (non-hydrogen) atoms. The van der Waals surface area contributed by atoms with Crippen molar-refractivity contribution in [2.75, 3.05) is 5.32 Å². The lowest BCUT2D eigenvalue weighted by Crippen LogP contribution is -2.31. The van der Waals surface area contributed by atoms with E-state index in [1.807, 2.05) is 0 Å². The van der Waals surface area contributed by atoms with Gasteiger partial charge in [0, 0.05) is 10.4 Å². The number of carbonyl (C=O) groups is 2. The van der Waals surface area contributed by atoms with Crippen LogP contribution < -0.4 is 5.32 Å². The highest BCUT2D eigenvalue weighted by molar-refractivity contribution is 9.10. The Bertz CT molecular complexity index is 554. The van der Waals surface area contributed by atoms with E-state index in [1.54, 1.807) is 12.1 Å². The molecule has 1 aromatic rings. The van der Waals surface area contributed by atoms with Crippen LogP contribution in [0.1, 0.15) is 43.5 Å². The molecular formula is C15H18BrNO3. The summed E-state index contributed by atoms with van der Waals surface area (Å²) in [5.41, 5.74) is 0.408. The van der Waals surface area contributed by atoms with E-state index in [2.05, 4.69) is 35.1 Å². The van der Waals surface area contributed by atoms with Gasteiger partial charge in [0.1, 0.15) is 0 Å². The minimum atomic E-state index is -1.05. The van der Waals surface area contributed by atoms with Crippen LogP contribution in [0.25, 0.3) is 0 Å². The molecule has 1 aliphatic carbocycles. The number of carbonyl (C=O) groups excluding carboxylic acids is 1. The summed E-state index contributed by atoms with van der Waals surface area (Å²) in [7, 11) is 0. The number of nitrogens with one attached hydrogen (secondary N) is 1. The van der Waals surface area contributed by atoms with Crippen LogP contribution in [-0.4, -0.2) is 17.0 Å². The van der Waals surface area contributed by atoms with Crippen LogP contribution >= 0.6 is 15.9 Å². The van der Waals surface area contributed by atoms with E-state index in [0.717, 1.165) is 19.3 Å². The molecule has 1 unspecified atom stereocenters. The first-order chi connectivity index (χ1) is 9.33. The quantitative estimate of drug-likeness (QED) is 0.877. The number of aromatic carboxylic acids is 1. The summed E-state index contributed by atoms with van der Waals surface area (Å²) in [5.74, 6) is -1.22. The second-order valence-electron chi connectivity index (χ2n) is 5.89. The molecule has 2 rings (SSSR count). The fourth-order valence-corrected chi connectivity index (χ4v) is 3.32. The second kappa shape index (κ2) is 5.56. The minimum Gasteiger partial charge on any atom is -0.478 e. The Morgan fingerprint density at radius 1 is 1.40 bits per heavy atom. The third-order valence-electron chi connectivity index (χ3n) is 4.07. The van der Waals surface area contributed by atoms with Crippen molar-refractivity contribution in [3.63, 3.8) is 0 Å². The van der Waals surface area contributed by atoms with Crippen molar-refractivity contribution in [3.8, 4) is 0 Å². The molecule has 0 spiro atoms. The van der Waals surface area contributed by atoms with E-state index in [9.17, 15) is 14.7 Å². The molecule has 5 heteroatoms. The molecular weight excluding hydrogens is 322 g/mol. The van der Waals surface area contributed by atoms with Crippen LogP contribution in [-0.2, 0) is 4.79 Å². The number of hydrogen-bond acceptors (Lipinski definition) is 2. The molecule has 0 saturated heterocycles. The maximum atomic E-state index is 12.4. The van der Waals surface area contributed by atoms with Crippen LogP contribution in [0.4, 0.5) is 5.69 Å². The first-order valence-corrected chi connectivity index (χ1v) is 7.45. The molecule has 0 heterocycles. The van der Waals surface area contributed by atoms with Gasteiger partial charge in [0.2, 0.25) is 5.91 Å². The molecule has 1 aliphatic rings. The third-order valence-corrected chi connectivity index (χ3v) is 4.73. The molecule has 1 atom stereocenters. The predicted octanol–water partition coefficient (Wildman–Crippen LogP) is 3.91. The first-order valence-electron chi connectivity index (χ1n) is 6.65. The Morgan fingerprint density at radius 2 is 2.10 bits per heavy atom. The van der Waals surface area contributed by atoms with Crippen molar-refractivity contribution in [3.05, 3.63) is 28.2 Å². The van der Waals surface area contributed by atoms with Crippen molar-refractivity contribution >= 4 is 33.5 Å². The monoisotopic (exact) mass is 339 g/mol. The van der Waals surface area contributed by atoms with Gasteiger partial charge in [-0.05, 0) is 46.3 Å². The van der Waals surface area contributed by atoms with Gasteiger partial charge in [-0.3, -0.25) is 4.79 Å². The summed E-state index contributed by atoms with van der Waals surface area (Å²) >= 11 is 3.30. The van der Waals surface area contributed by atoms with Gasteiger partial charge in [-0.1, -0.05) is 26.3 Å². The largest absolute Gasteiger partial charge is 0.478 e. The number of rotatable bonds is 3. The smallest absolute Gasteiger partial charge is 0.337 e. The first kappa shape index (κ1) is 15.0. The number of halogens is 1. The standard InChI is InChI=1S/C15H18BrNO3/c1-15(2)8-4-6-10(15)13(18)17-12-9(14(19)20)5-3-7-11(12)16/h3,5,7,10H,4,6,8H2,1-2H3,(H,17,18)(H,19,20). The van der Waals surface area contributed by atoms with E-state index >= 15 is 0 Å². The lowest BCUT2D eigenvalue weighted by molar-refractivity contribution is -0.122. The predicted molar refractivity (Wildman–Crippen MR) is 80.9 cm³/mol. The number of carboxylic acid groups (broad SMARTS) is 1. The number of amides is 1. The van der Waals surface area contributed by atoms with E-state index in [4.69, 9.17) is 0 Å². The highest BCUT2D eigenvalue weighted by Crippen LogP contribution is 2.43.